The lowest BCUT2D eigenvalue weighted by Crippen LogP contribution is -2.47. The largest absolute Gasteiger partial charge is 0.370 e. The fourth-order valence-corrected chi connectivity index (χ4v) is 10.9. The highest BCUT2D eigenvalue weighted by atomic mass is 35.5. The summed E-state index contributed by atoms with van der Waals surface area (Å²) in [6.45, 7) is 6.23. The molecule has 0 radical (unpaired) electrons. The molecule has 14 nitrogen and oxygen atoms in total. The van der Waals surface area contributed by atoms with Crippen molar-refractivity contribution in [2.24, 2.45) is 32.9 Å². The fourth-order valence-electron chi connectivity index (χ4n) is 7.09. The maximum atomic E-state index is 13.4. The van der Waals surface area contributed by atoms with Crippen LogP contribution in [0, 0.1) is 0 Å². The van der Waals surface area contributed by atoms with Crippen molar-refractivity contribution in [1.82, 2.24) is 19.0 Å². The van der Waals surface area contributed by atoms with Crippen LogP contribution < -0.4 is 27.7 Å². The number of aromatic nitrogens is 2. The van der Waals surface area contributed by atoms with E-state index in [-0.39, 0.29) is 38.9 Å². The van der Waals surface area contributed by atoms with E-state index in [0.29, 0.717) is 38.1 Å². The zero-order chi connectivity index (χ0) is 38.1. The molecule has 52 heavy (non-hydrogen) atoms. The number of fused-ring (bicyclic) bond motifs is 2. The standard InChI is InChI=1S/C18H24ClN5O2S.C16H20ClN5O2S/c1-3-24(18(2)8-4-5-9-18)27(25,26)12-6-7-13-14(10-12)16(23-17(20)21)22-11-15(13)19;1-16(6-2-3-7-16)22-25(23,24)10-4-5-11-12(8-10)14(21-15(18)19)20-9-13(11)17/h6-7,10-11H,3-5,8-9H2,1-2H3,(H4,20,21,22,23);4-5,8-9,22H,2-3,6-7H2,1H3,(H4,18,19,20,21). The van der Waals surface area contributed by atoms with E-state index in [1.807, 2.05) is 20.8 Å². The summed E-state index contributed by atoms with van der Waals surface area (Å²) in [5.74, 6) is 0.138. The van der Waals surface area contributed by atoms with Gasteiger partial charge in [0.05, 0.1) is 19.8 Å². The first kappa shape index (κ1) is 39.4. The Labute approximate surface area is 314 Å². The van der Waals surface area contributed by atoms with Crippen molar-refractivity contribution in [3.05, 3.63) is 58.8 Å². The molecule has 0 saturated heterocycles. The van der Waals surface area contributed by atoms with Gasteiger partial charge in [0.1, 0.15) is 0 Å². The zero-order valence-electron chi connectivity index (χ0n) is 29.2. The average Bonchev–Trinajstić information content (AvgIpc) is 3.71. The molecule has 2 aromatic carbocycles. The molecule has 2 fully saturated rings. The molecule has 0 aliphatic heterocycles. The Kier molecular flexibility index (Phi) is 11.6. The molecule has 0 unspecified atom stereocenters. The van der Waals surface area contributed by atoms with Gasteiger partial charge in [0.25, 0.3) is 0 Å². The summed E-state index contributed by atoms with van der Waals surface area (Å²) in [6, 6.07) is 9.44. The summed E-state index contributed by atoms with van der Waals surface area (Å²) in [4.78, 5) is 16.5. The van der Waals surface area contributed by atoms with Crippen molar-refractivity contribution in [2.75, 3.05) is 6.54 Å². The van der Waals surface area contributed by atoms with E-state index >= 15 is 0 Å². The van der Waals surface area contributed by atoms with Crippen molar-refractivity contribution in [2.45, 2.75) is 93.0 Å². The van der Waals surface area contributed by atoms with Gasteiger partial charge in [-0.05, 0) is 63.8 Å². The van der Waals surface area contributed by atoms with Crippen LogP contribution in [0.5, 0.6) is 0 Å². The smallest absolute Gasteiger partial charge is 0.243 e. The van der Waals surface area contributed by atoms with E-state index in [1.165, 1.54) is 24.5 Å². The van der Waals surface area contributed by atoms with Gasteiger partial charge in [0, 0.05) is 51.6 Å². The number of halogens is 2. The van der Waals surface area contributed by atoms with Gasteiger partial charge in [-0.2, -0.15) is 14.3 Å². The quantitative estimate of drug-likeness (QED) is 0.105. The fraction of sp³-hybridized carbons (Fsp3) is 0.412. The maximum absolute atomic E-state index is 13.4. The summed E-state index contributed by atoms with van der Waals surface area (Å²) in [7, 11) is -7.37. The van der Waals surface area contributed by atoms with E-state index in [2.05, 4.69) is 24.7 Å². The second-order valence-electron chi connectivity index (χ2n) is 13.6. The SMILES string of the molecule is CC1(NS(=O)(=O)c2ccc3c(Cl)cnc(N=C(N)N)c3c2)CCCC1.CCN(C1(C)CCCC1)S(=O)(=O)c1ccc2c(Cl)cnc(N=C(N)N)c2c1. The minimum atomic E-state index is -3.69. The maximum Gasteiger partial charge on any atom is 0.243 e. The average molecular weight is 792 g/mol. The van der Waals surface area contributed by atoms with E-state index < -0.39 is 25.6 Å². The highest BCUT2D eigenvalue weighted by Crippen LogP contribution is 2.40. The van der Waals surface area contributed by atoms with Crippen LogP contribution in [0.15, 0.2) is 68.6 Å². The van der Waals surface area contributed by atoms with Gasteiger partial charge in [-0.15, -0.1) is 0 Å². The van der Waals surface area contributed by atoms with E-state index in [9.17, 15) is 16.8 Å². The summed E-state index contributed by atoms with van der Waals surface area (Å²) >= 11 is 12.4. The Balaban J connectivity index is 0.000000202. The van der Waals surface area contributed by atoms with Gasteiger partial charge in [-0.1, -0.05) is 67.9 Å². The van der Waals surface area contributed by atoms with Gasteiger partial charge < -0.3 is 22.9 Å². The monoisotopic (exact) mass is 790 g/mol. The number of nitrogens with two attached hydrogens (primary N) is 4. The molecule has 2 saturated carbocycles. The van der Waals surface area contributed by atoms with Crippen LogP contribution in [-0.2, 0) is 20.0 Å². The van der Waals surface area contributed by atoms with Crippen molar-refractivity contribution in [3.8, 4) is 0 Å². The van der Waals surface area contributed by atoms with Gasteiger partial charge in [0.2, 0.25) is 20.0 Å². The number of hydrogen-bond acceptors (Lipinski definition) is 8. The lowest BCUT2D eigenvalue weighted by Gasteiger charge is -2.36. The van der Waals surface area contributed by atoms with E-state index in [0.717, 1.165) is 51.4 Å². The van der Waals surface area contributed by atoms with Crippen molar-refractivity contribution >= 4 is 88.3 Å². The minimum Gasteiger partial charge on any atom is -0.370 e. The molecule has 0 spiro atoms. The molecule has 4 aromatic rings. The molecule has 9 N–H and O–H groups in total. The zero-order valence-corrected chi connectivity index (χ0v) is 32.4. The highest BCUT2D eigenvalue weighted by Gasteiger charge is 2.41. The van der Waals surface area contributed by atoms with Gasteiger partial charge >= 0.3 is 0 Å². The number of pyridine rings is 2. The van der Waals surface area contributed by atoms with Crippen molar-refractivity contribution in [3.63, 3.8) is 0 Å². The van der Waals surface area contributed by atoms with Crippen LogP contribution in [0.2, 0.25) is 10.0 Å². The van der Waals surface area contributed by atoms with Crippen LogP contribution >= 0.6 is 23.2 Å². The Morgan fingerprint density at radius 2 is 1.19 bits per heavy atom. The van der Waals surface area contributed by atoms with E-state index in [4.69, 9.17) is 46.1 Å². The molecule has 0 bridgehead atoms. The second kappa shape index (κ2) is 15.3. The highest BCUT2D eigenvalue weighted by molar-refractivity contribution is 7.89. The molecule has 280 valence electrons. The predicted molar refractivity (Wildman–Crippen MR) is 208 cm³/mol. The molecule has 2 aliphatic carbocycles. The van der Waals surface area contributed by atoms with Crippen LogP contribution in [0.25, 0.3) is 21.5 Å². The summed E-state index contributed by atoms with van der Waals surface area (Å²) in [6.07, 6.45) is 10.4. The number of nitrogens with zero attached hydrogens (tertiary/aromatic N) is 5. The lowest BCUT2D eigenvalue weighted by atomic mass is 10.0. The first-order valence-electron chi connectivity index (χ1n) is 16.8. The van der Waals surface area contributed by atoms with Gasteiger partial charge in [-0.3, -0.25) is 0 Å². The molecule has 2 heterocycles. The topological polar surface area (TPSA) is 238 Å². The Bertz CT molecular complexity index is 2270. The molecule has 0 amide bonds. The molecule has 18 heteroatoms. The first-order valence-corrected chi connectivity index (χ1v) is 20.5. The normalized spacial score (nSPS) is 16.8. The molecule has 2 aromatic heterocycles. The summed E-state index contributed by atoms with van der Waals surface area (Å²) in [5, 5.41) is 3.02. The number of sulfonamides is 2. The third kappa shape index (κ3) is 8.37. The molecule has 0 atom stereocenters. The first-order chi connectivity index (χ1) is 24.4. The van der Waals surface area contributed by atoms with Gasteiger partial charge in [0.15, 0.2) is 23.6 Å². The third-order valence-electron chi connectivity index (χ3n) is 9.61. The predicted octanol–water partition coefficient (Wildman–Crippen LogP) is 5.54. The second-order valence-corrected chi connectivity index (χ2v) is 18.0. The van der Waals surface area contributed by atoms with Crippen LogP contribution in [0.4, 0.5) is 11.6 Å². The van der Waals surface area contributed by atoms with E-state index in [1.54, 1.807) is 28.6 Å². The Morgan fingerprint density at radius 3 is 1.65 bits per heavy atom. The number of guanidine groups is 2. The van der Waals surface area contributed by atoms with Crippen LogP contribution in [0.3, 0.4) is 0 Å². The Morgan fingerprint density at radius 1 is 0.750 bits per heavy atom. The molecular weight excluding hydrogens is 747 g/mol. The number of benzene rings is 2. The number of rotatable bonds is 9. The van der Waals surface area contributed by atoms with Crippen molar-refractivity contribution < 1.29 is 16.8 Å². The van der Waals surface area contributed by atoms with Crippen molar-refractivity contribution in [1.29, 1.82) is 0 Å². The van der Waals surface area contributed by atoms with Crippen LogP contribution in [0.1, 0.15) is 72.1 Å². The minimum absolute atomic E-state index is 0.129. The number of nitrogens with one attached hydrogen (secondary N) is 1. The van der Waals surface area contributed by atoms with Crippen LogP contribution in [-0.4, -0.2) is 60.7 Å². The number of aliphatic imine (C=N–C) groups is 2. The third-order valence-corrected chi connectivity index (χ3v) is 14.0. The molecule has 2 aliphatic rings. The lowest BCUT2D eigenvalue weighted by molar-refractivity contribution is 0.220. The summed E-state index contributed by atoms with van der Waals surface area (Å²) in [5.41, 5.74) is 21.0. The molecular formula is C34H44Cl2N10O4S2. The Hall–Kier alpha value is -3.80. The summed E-state index contributed by atoms with van der Waals surface area (Å²) < 4.78 is 56.8. The van der Waals surface area contributed by atoms with Gasteiger partial charge in [-0.25, -0.2) is 31.5 Å². The molecule has 6 rings (SSSR count). The number of hydrogen-bond donors (Lipinski definition) is 5.